The first-order valence-corrected chi connectivity index (χ1v) is 20.6. The summed E-state index contributed by atoms with van der Waals surface area (Å²) in [6, 6.07) is 27.1. The molecule has 0 aliphatic rings. The summed E-state index contributed by atoms with van der Waals surface area (Å²) in [4.78, 5) is 84.5. The maximum atomic E-state index is 11.2. The van der Waals surface area contributed by atoms with Crippen LogP contribution in [0.2, 0.25) is 0 Å². The van der Waals surface area contributed by atoms with Gasteiger partial charge in [0, 0.05) is 44.6 Å². The summed E-state index contributed by atoms with van der Waals surface area (Å²) in [5.41, 5.74) is 6.37. The van der Waals surface area contributed by atoms with E-state index in [-0.39, 0.29) is 35.1 Å². The summed E-state index contributed by atoms with van der Waals surface area (Å²) < 4.78 is 0. The van der Waals surface area contributed by atoms with Crippen molar-refractivity contribution in [1.82, 2.24) is 0 Å². The monoisotopic (exact) mass is 823 g/mol. The quantitative estimate of drug-likeness (QED) is 0.121. The molecule has 0 N–H and O–H groups in total. The van der Waals surface area contributed by atoms with Crippen LogP contribution in [0.25, 0.3) is 0 Å². The lowest BCUT2D eigenvalue weighted by Crippen LogP contribution is -2.06. The van der Waals surface area contributed by atoms with E-state index in [4.69, 9.17) is 19.2 Å². The number of hydrogen-bond acceptors (Lipinski definition) is 9. The molecule has 59 heavy (non-hydrogen) atoms. The van der Waals surface area contributed by atoms with E-state index in [0.29, 0.717) is 32.1 Å². The molecule has 0 radical (unpaired) electrons. The Bertz CT molecular complexity index is 1400. The first kappa shape index (κ1) is 68.4. The maximum absolute atomic E-state index is 11.2. The van der Waals surface area contributed by atoms with E-state index in [1.54, 1.807) is 6.92 Å². The Morgan fingerprint density at radius 1 is 0.475 bits per heavy atom. The fraction of sp³-hybridized carbons (Fsp3) is 0.480. The fourth-order valence-corrected chi connectivity index (χ4v) is 3.60. The van der Waals surface area contributed by atoms with E-state index in [0.717, 1.165) is 31.2 Å². The van der Waals surface area contributed by atoms with Crippen LogP contribution < -0.4 is 0 Å². The molecule has 9 heteroatoms. The lowest BCUT2D eigenvalue weighted by Gasteiger charge is -1.99. The number of carbonyl (C=O) groups is 7. The lowest BCUT2D eigenvalue weighted by molar-refractivity contribution is -0.191. The second-order valence-corrected chi connectivity index (χ2v) is 11.7. The van der Waals surface area contributed by atoms with Crippen LogP contribution in [-0.2, 0) is 64.0 Å². The molecule has 3 rings (SSSR count). The Kier molecular flexibility index (Phi) is 66.2. The van der Waals surface area contributed by atoms with Gasteiger partial charge in [0.15, 0.2) is 17.3 Å². The third-order valence-corrected chi connectivity index (χ3v) is 7.46. The number of rotatable bonds is 13. The number of hydrogen-bond donors (Lipinski definition) is 0. The Labute approximate surface area is 358 Å². The van der Waals surface area contributed by atoms with Gasteiger partial charge in [-0.15, -0.1) is 0 Å². The Hall–Kier alpha value is -5.27. The summed E-state index contributed by atoms with van der Waals surface area (Å²) in [6.45, 7) is 29.1. The Morgan fingerprint density at radius 2 is 0.797 bits per heavy atom. The first-order valence-electron chi connectivity index (χ1n) is 20.6. The normalized spacial score (nSPS) is 8.15. The molecule has 0 unspecified atom stereocenters. The van der Waals surface area contributed by atoms with Gasteiger partial charge in [0.05, 0.1) is 0 Å². The van der Waals surface area contributed by atoms with Gasteiger partial charge >= 0.3 is 6.15 Å². The van der Waals surface area contributed by atoms with Crippen LogP contribution >= 0.6 is 0 Å². The van der Waals surface area contributed by atoms with E-state index < -0.39 is 0 Å². The first-order chi connectivity index (χ1) is 28.2. The third kappa shape index (κ3) is 52.7. The van der Waals surface area contributed by atoms with Crippen molar-refractivity contribution < 1.29 is 43.2 Å². The van der Waals surface area contributed by atoms with Crippen molar-refractivity contribution in [3.05, 3.63) is 107 Å². The highest BCUT2D eigenvalue weighted by Gasteiger charge is 2.02. The second-order valence-electron chi connectivity index (χ2n) is 11.7. The molecule has 0 aromatic heterocycles. The zero-order valence-electron chi connectivity index (χ0n) is 38.9. The third-order valence-electron chi connectivity index (χ3n) is 7.46. The number of Topliss-reactive ketones (excluding diaryl/α,β-unsaturated/α-hetero) is 5. The van der Waals surface area contributed by atoms with E-state index in [1.807, 2.05) is 71.6 Å². The molecule has 0 amide bonds. The molecule has 9 nitrogen and oxygen atoms in total. The molecule has 3 aromatic carbocycles. The largest absolute Gasteiger partial charge is 0.373 e. The van der Waals surface area contributed by atoms with Crippen LogP contribution in [-0.4, -0.2) is 48.6 Å². The number of carbonyl (C=O) groups excluding carboxylic acids is 9. The molecule has 332 valence electrons. The van der Waals surface area contributed by atoms with Crippen LogP contribution in [0, 0.1) is 0 Å². The molecule has 0 saturated carbocycles. The minimum absolute atomic E-state index is 0.0943. The van der Waals surface area contributed by atoms with Crippen molar-refractivity contribution in [1.29, 1.82) is 0 Å². The van der Waals surface area contributed by atoms with Crippen molar-refractivity contribution in [3.63, 3.8) is 0 Å². The standard InChI is InChI=1S/C11H14O.C10H14.C8H10.C7H12O2.C5H8O2.C4H10.C2H6.CO2.2CH2O/c1-3-9-5-7-10(8-6-9)11(12)4-2;1-3-9-5-7-10(4-2)8-6-9;1-2-8-6-4-3-5-7-8;1-3-7(9)5-4-6(2)8;1-3-5(7)4(2)6;1-3-4-2;1-2;2-1-3;2*1-2/h5-8H,3-4H2,1-2H3;5-8H,3-4H2,1-2H3;3-7H,2H2,1H3;3-5H2,1-2H3;3H2,1-2H3;3-4H2,1-2H3;1-2H3;;2*1H2. The molecule has 0 atom stereocenters. The highest BCUT2D eigenvalue weighted by molar-refractivity contribution is 6.36. The van der Waals surface area contributed by atoms with Gasteiger partial charge in [0.1, 0.15) is 25.1 Å². The molecule has 0 saturated heterocycles. The molecule has 0 aliphatic carbocycles. The number of unbranched alkanes of at least 4 members (excludes halogenated alkanes) is 1. The second kappa shape index (κ2) is 57.1. The lowest BCUT2D eigenvalue weighted by atomic mass is 10.1. The van der Waals surface area contributed by atoms with Gasteiger partial charge in [-0.2, -0.15) is 9.59 Å². The molecule has 0 fully saturated rings. The van der Waals surface area contributed by atoms with E-state index in [2.05, 4.69) is 90.1 Å². The van der Waals surface area contributed by atoms with E-state index in [1.165, 1.54) is 48.9 Å². The zero-order valence-corrected chi connectivity index (χ0v) is 38.9. The predicted molar refractivity (Wildman–Crippen MR) is 244 cm³/mol. The molecule has 3 aromatic rings. The summed E-state index contributed by atoms with van der Waals surface area (Å²) in [5.74, 6) is -0.151. The zero-order chi connectivity index (χ0) is 47.5. The number of ketones is 5. The van der Waals surface area contributed by atoms with Gasteiger partial charge in [-0.05, 0) is 54.9 Å². The van der Waals surface area contributed by atoms with Gasteiger partial charge in [0.25, 0.3) is 0 Å². The topological polar surface area (TPSA) is 154 Å². The van der Waals surface area contributed by atoms with Crippen LogP contribution in [0.3, 0.4) is 0 Å². The van der Waals surface area contributed by atoms with Crippen molar-refractivity contribution in [2.75, 3.05) is 0 Å². The summed E-state index contributed by atoms with van der Waals surface area (Å²) >= 11 is 0. The maximum Gasteiger partial charge on any atom is 0.373 e. The van der Waals surface area contributed by atoms with E-state index >= 15 is 0 Å². The average molecular weight is 823 g/mol. The van der Waals surface area contributed by atoms with Crippen molar-refractivity contribution in [2.24, 2.45) is 0 Å². The molecule has 0 heterocycles. The number of benzene rings is 3. The number of aryl methyl sites for hydroxylation is 4. The average Bonchev–Trinajstić information content (AvgIpc) is 3.30. The summed E-state index contributed by atoms with van der Waals surface area (Å²) in [6.07, 6.45) is 9.64. The van der Waals surface area contributed by atoms with Crippen molar-refractivity contribution in [3.8, 4) is 0 Å². The smallest absolute Gasteiger partial charge is 0.307 e. The predicted octanol–water partition coefficient (Wildman–Crippen LogP) is 11.7. The van der Waals surface area contributed by atoms with Crippen molar-refractivity contribution in [2.45, 2.75) is 161 Å². The van der Waals surface area contributed by atoms with Crippen LogP contribution in [0.15, 0.2) is 78.9 Å². The minimum Gasteiger partial charge on any atom is -0.307 e. The summed E-state index contributed by atoms with van der Waals surface area (Å²) in [5, 5.41) is 0. The highest BCUT2D eigenvalue weighted by atomic mass is 16.2. The molecule has 0 bridgehead atoms. The van der Waals surface area contributed by atoms with Gasteiger partial charge < -0.3 is 14.4 Å². The SMILES string of the molecule is C=O.C=O.CC.CCC(=O)C(C)=O.CCC(=O)CCC(C)=O.CCC(=O)c1ccc(CC)cc1.CCCC.CCc1ccc(CC)cc1.CCc1ccccc1.O=C=O. The fourth-order valence-electron chi connectivity index (χ4n) is 3.60. The van der Waals surface area contributed by atoms with E-state index in [9.17, 15) is 24.0 Å². The Balaban J connectivity index is -0.000000108. The minimum atomic E-state index is -0.345. The van der Waals surface area contributed by atoms with Gasteiger partial charge in [-0.1, -0.05) is 168 Å². The molecular weight excluding hydrogens is 745 g/mol. The molecular formula is C50H78O9. The van der Waals surface area contributed by atoms with Crippen molar-refractivity contribution >= 4 is 48.6 Å². The van der Waals surface area contributed by atoms with Gasteiger partial charge in [0.2, 0.25) is 0 Å². The Morgan fingerprint density at radius 3 is 1.00 bits per heavy atom. The molecule has 0 spiro atoms. The highest BCUT2D eigenvalue weighted by Crippen LogP contribution is 2.07. The molecule has 0 aliphatic heterocycles. The van der Waals surface area contributed by atoms with Crippen LogP contribution in [0.4, 0.5) is 0 Å². The van der Waals surface area contributed by atoms with Gasteiger partial charge in [-0.3, -0.25) is 19.2 Å². The summed E-state index contributed by atoms with van der Waals surface area (Å²) in [7, 11) is 0. The van der Waals surface area contributed by atoms with Crippen LogP contribution in [0.1, 0.15) is 168 Å². The van der Waals surface area contributed by atoms with Gasteiger partial charge in [-0.25, -0.2) is 0 Å². The van der Waals surface area contributed by atoms with Crippen LogP contribution in [0.5, 0.6) is 0 Å².